The molecule has 0 N–H and O–H groups in total. The van der Waals surface area contributed by atoms with Crippen LogP contribution in [0.25, 0.3) is 0 Å². The zero-order valence-corrected chi connectivity index (χ0v) is 15.1. The van der Waals surface area contributed by atoms with E-state index in [-0.39, 0.29) is 5.82 Å². The summed E-state index contributed by atoms with van der Waals surface area (Å²) in [5, 5.41) is 10.9. The summed E-state index contributed by atoms with van der Waals surface area (Å²) in [7, 11) is 0. The van der Waals surface area contributed by atoms with Crippen LogP contribution in [0.1, 0.15) is 16.7 Å². The molecule has 0 radical (unpaired) electrons. The lowest BCUT2D eigenvalue weighted by molar-refractivity contribution is -0.389. The number of pyridine rings is 4. The number of hydrogen-bond acceptors (Lipinski definition) is 7. The molecule has 0 spiro atoms. The highest BCUT2D eigenvalue weighted by molar-refractivity contribution is 5.47. The van der Waals surface area contributed by atoms with Gasteiger partial charge < -0.3 is 14.9 Å². The second-order valence-electron chi connectivity index (χ2n) is 6.12. The van der Waals surface area contributed by atoms with Gasteiger partial charge in [-0.05, 0) is 34.2 Å². The Labute approximate surface area is 166 Å². The van der Waals surface area contributed by atoms with Crippen molar-refractivity contribution in [1.82, 2.24) is 19.9 Å². The lowest BCUT2D eigenvalue weighted by atomic mass is 9.82. The Kier molecular flexibility index (Phi) is 4.90. The molecule has 8 nitrogen and oxygen atoms in total. The summed E-state index contributed by atoms with van der Waals surface area (Å²) in [6.45, 7) is 0. The summed E-state index contributed by atoms with van der Waals surface area (Å²) in [5.41, 5.74) is 1.12. The van der Waals surface area contributed by atoms with E-state index in [1.165, 1.54) is 18.3 Å². The first-order valence-corrected chi connectivity index (χ1v) is 8.71. The third-order valence-corrected chi connectivity index (χ3v) is 4.38. The minimum absolute atomic E-state index is 0.257. The molecule has 4 rings (SSSR count). The van der Waals surface area contributed by atoms with Crippen LogP contribution in [-0.2, 0) is 5.60 Å². The lowest BCUT2D eigenvalue weighted by Gasteiger charge is -2.34. The van der Waals surface area contributed by atoms with Crippen molar-refractivity contribution >= 4 is 5.82 Å². The van der Waals surface area contributed by atoms with E-state index in [9.17, 15) is 10.1 Å². The maximum atomic E-state index is 10.9. The predicted octanol–water partition coefficient (Wildman–Crippen LogP) is 3.55. The molecule has 0 bridgehead atoms. The maximum absolute atomic E-state index is 10.9. The van der Waals surface area contributed by atoms with Gasteiger partial charge in [-0.1, -0.05) is 18.2 Å². The van der Waals surface area contributed by atoms with E-state index in [1.807, 2.05) is 36.4 Å². The van der Waals surface area contributed by atoms with Crippen molar-refractivity contribution in [2.75, 3.05) is 0 Å². The van der Waals surface area contributed by atoms with Gasteiger partial charge >= 0.3 is 5.82 Å². The minimum atomic E-state index is -1.13. The quantitative estimate of drug-likeness (QED) is 0.369. The molecule has 0 aliphatic rings. The van der Waals surface area contributed by atoms with Gasteiger partial charge in [0, 0.05) is 59.9 Å². The molecule has 0 atom stereocenters. The molecule has 4 aromatic rings. The number of ether oxygens (including phenoxy) is 1. The summed E-state index contributed by atoms with van der Waals surface area (Å²) in [4.78, 5) is 27.0. The van der Waals surface area contributed by atoms with Crippen LogP contribution >= 0.6 is 0 Å². The standard InChI is InChI=1S/C21H15N5O3/c27-26(28)20-8-7-19(15-25-20)29-21(16-4-1-9-22-12-16,17-5-2-10-23-13-17)18-6-3-11-24-14-18/h1-15H. The molecule has 0 fully saturated rings. The smallest absolute Gasteiger partial charge is 0.363 e. The topological polar surface area (TPSA) is 104 Å². The van der Waals surface area contributed by atoms with Crippen LogP contribution < -0.4 is 4.74 Å². The van der Waals surface area contributed by atoms with Gasteiger partial charge in [0.2, 0.25) is 0 Å². The fourth-order valence-electron chi connectivity index (χ4n) is 3.11. The molecule has 4 aromatic heterocycles. The van der Waals surface area contributed by atoms with Gasteiger partial charge in [-0.3, -0.25) is 15.0 Å². The van der Waals surface area contributed by atoms with Gasteiger partial charge in [-0.15, -0.1) is 0 Å². The SMILES string of the molecule is O=[N+]([O-])c1ccc(OC(c2cccnc2)(c2cccnc2)c2cccnc2)cn1. The fourth-order valence-corrected chi connectivity index (χ4v) is 3.11. The van der Waals surface area contributed by atoms with E-state index >= 15 is 0 Å². The lowest BCUT2D eigenvalue weighted by Crippen LogP contribution is -2.36. The van der Waals surface area contributed by atoms with Gasteiger partial charge in [0.25, 0.3) is 0 Å². The Balaban J connectivity index is 1.93. The molecule has 0 saturated heterocycles. The van der Waals surface area contributed by atoms with Gasteiger partial charge in [0.15, 0.2) is 17.5 Å². The van der Waals surface area contributed by atoms with E-state index in [0.29, 0.717) is 5.75 Å². The predicted molar refractivity (Wildman–Crippen MR) is 104 cm³/mol. The second kappa shape index (κ2) is 7.81. The van der Waals surface area contributed by atoms with Crippen LogP contribution in [-0.4, -0.2) is 24.9 Å². The molecule has 0 amide bonds. The van der Waals surface area contributed by atoms with Crippen molar-refractivity contribution < 1.29 is 9.66 Å². The minimum Gasteiger partial charge on any atom is -0.469 e. The number of nitrogens with zero attached hydrogens (tertiary/aromatic N) is 5. The third-order valence-electron chi connectivity index (χ3n) is 4.38. The highest BCUT2D eigenvalue weighted by Gasteiger charge is 2.40. The molecule has 8 heteroatoms. The van der Waals surface area contributed by atoms with Crippen molar-refractivity contribution in [2.24, 2.45) is 0 Å². The maximum Gasteiger partial charge on any atom is 0.363 e. The van der Waals surface area contributed by atoms with Crippen molar-refractivity contribution in [3.8, 4) is 5.75 Å². The van der Waals surface area contributed by atoms with E-state index < -0.39 is 10.5 Å². The molecule has 0 aliphatic carbocycles. The van der Waals surface area contributed by atoms with E-state index in [0.717, 1.165) is 16.7 Å². The summed E-state index contributed by atoms with van der Waals surface area (Å²) in [6, 6.07) is 13.9. The molecule has 29 heavy (non-hydrogen) atoms. The first-order valence-electron chi connectivity index (χ1n) is 8.71. The van der Waals surface area contributed by atoms with Crippen molar-refractivity contribution in [3.05, 3.63) is 119 Å². The van der Waals surface area contributed by atoms with E-state index in [1.54, 1.807) is 37.2 Å². The fraction of sp³-hybridized carbons (Fsp3) is 0.0476. The third kappa shape index (κ3) is 3.51. The van der Waals surface area contributed by atoms with Gasteiger partial charge in [0.05, 0.1) is 0 Å². The van der Waals surface area contributed by atoms with E-state index in [4.69, 9.17) is 4.74 Å². The van der Waals surface area contributed by atoms with Crippen LogP contribution in [0.3, 0.4) is 0 Å². The Morgan fingerprint density at radius 2 is 1.28 bits per heavy atom. The van der Waals surface area contributed by atoms with Crippen LogP contribution in [0, 0.1) is 10.1 Å². The highest BCUT2D eigenvalue weighted by Crippen LogP contribution is 2.40. The average molecular weight is 385 g/mol. The highest BCUT2D eigenvalue weighted by atomic mass is 16.6. The molecular weight excluding hydrogens is 370 g/mol. The summed E-state index contributed by atoms with van der Waals surface area (Å²) < 4.78 is 6.49. The number of aromatic nitrogens is 4. The summed E-state index contributed by atoms with van der Waals surface area (Å²) in [6.07, 6.45) is 11.5. The first kappa shape index (κ1) is 18.2. The van der Waals surface area contributed by atoms with Crippen molar-refractivity contribution in [3.63, 3.8) is 0 Å². The van der Waals surface area contributed by atoms with Gasteiger partial charge in [-0.25, -0.2) is 0 Å². The molecular formula is C21H15N5O3. The summed E-state index contributed by atoms with van der Waals surface area (Å²) >= 11 is 0. The zero-order chi connectivity index (χ0) is 20.1. The van der Waals surface area contributed by atoms with Crippen molar-refractivity contribution in [1.29, 1.82) is 0 Å². The average Bonchev–Trinajstić information content (AvgIpc) is 2.79. The van der Waals surface area contributed by atoms with E-state index in [2.05, 4.69) is 19.9 Å². The molecule has 0 aliphatic heterocycles. The number of rotatable bonds is 6. The zero-order valence-electron chi connectivity index (χ0n) is 15.1. The first-order chi connectivity index (χ1) is 14.2. The molecule has 0 saturated carbocycles. The molecule has 0 unspecified atom stereocenters. The second-order valence-corrected chi connectivity index (χ2v) is 6.12. The van der Waals surface area contributed by atoms with Crippen LogP contribution in [0.2, 0.25) is 0 Å². The Morgan fingerprint density at radius 1 is 0.759 bits per heavy atom. The Hall–Kier alpha value is -4.20. The molecule has 0 aromatic carbocycles. The monoisotopic (exact) mass is 385 g/mol. The van der Waals surface area contributed by atoms with Crippen LogP contribution in [0.15, 0.2) is 91.9 Å². The Bertz CT molecular complexity index is 995. The normalized spacial score (nSPS) is 11.0. The summed E-state index contributed by atoms with van der Waals surface area (Å²) in [5.74, 6) is 0.0965. The molecule has 142 valence electrons. The number of hydrogen-bond donors (Lipinski definition) is 0. The largest absolute Gasteiger partial charge is 0.469 e. The van der Waals surface area contributed by atoms with Crippen LogP contribution in [0.5, 0.6) is 5.75 Å². The van der Waals surface area contributed by atoms with Gasteiger partial charge in [0.1, 0.15) is 0 Å². The number of nitro groups is 1. The van der Waals surface area contributed by atoms with Gasteiger partial charge in [-0.2, -0.15) is 0 Å². The van der Waals surface area contributed by atoms with Crippen molar-refractivity contribution in [2.45, 2.75) is 5.60 Å². The van der Waals surface area contributed by atoms with Crippen LogP contribution in [0.4, 0.5) is 5.82 Å². The Morgan fingerprint density at radius 3 is 1.62 bits per heavy atom. The molecule has 4 heterocycles.